The molecule has 3 aromatic rings. The maximum absolute atomic E-state index is 11.7. The summed E-state index contributed by atoms with van der Waals surface area (Å²) < 4.78 is 5.34. The van der Waals surface area contributed by atoms with E-state index < -0.39 is 0 Å². The van der Waals surface area contributed by atoms with Crippen molar-refractivity contribution in [1.29, 1.82) is 0 Å². The third-order valence-corrected chi connectivity index (χ3v) is 6.17. The largest absolute Gasteiger partial charge is 0.426 e. The van der Waals surface area contributed by atoms with Crippen molar-refractivity contribution in [2.75, 3.05) is 0 Å². The van der Waals surface area contributed by atoms with E-state index in [4.69, 9.17) is 4.74 Å². The van der Waals surface area contributed by atoms with Crippen molar-refractivity contribution in [3.63, 3.8) is 0 Å². The Hall–Kier alpha value is -2.04. The van der Waals surface area contributed by atoms with Gasteiger partial charge in [0.2, 0.25) is 0 Å². The summed E-state index contributed by atoms with van der Waals surface area (Å²) in [5, 5.41) is 0. The van der Waals surface area contributed by atoms with Gasteiger partial charge in [-0.05, 0) is 55.5 Å². The number of alkyl halides is 1. The fourth-order valence-corrected chi connectivity index (χ4v) is 4.54. The Kier molecular flexibility index (Phi) is 5.95. The maximum Gasteiger partial charge on any atom is 0.324 e. The van der Waals surface area contributed by atoms with Crippen molar-refractivity contribution >= 4 is 32.8 Å². The van der Waals surface area contributed by atoms with Gasteiger partial charge in [0.25, 0.3) is 0 Å². The Balaban J connectivity index is 1.93. The van der Waals surface area contributed by atoms with E-state index in [0.717, 1.165) is 0 Å². The Morgan fingerprint density at radius 1 is 0.800 bits per heavy atom. The zero-order valence-electron chi connectivity index (χ0n) is 13.8. The third-order valence-electron chi connectivity index (χ3n) is 3.56. The molecule has 0 aromatic heterocycles. The van der Waals surface area contributed by atoms with Crippen LogP contribution in [0.25, 0.3) is 0 Å². The minimum absolute atomic E-state index is 0.194. The third kappa shape index (κ3) is 4.53. The lowest BCUT2D eigenvalue weighted by Gasteiger charge is -2.09. The molecule has 0 aliphatic rings. The van der Waals surface area contributed by atoms with Crippen LogP contribution in [0.2, 0.25) is 0 Å². The molecule has 1 atom stereocenters. The minimum atomic E-state index is -0.324. The summed E-state index contributed by atoms with van der Waals surface area (Å²) in [6, 6.07) is 28.7. The molecule has 25 heavy (non-hydrogen) atoms. The smallest absolute Gasteiger partial charge is 0.324 e. The van der Waals surface area contributed by atoms with E-state index in [9.17, 15) is 4.79 Å². The second-order valence-electron chi connectivity index (χ2n) is 5.44. The number of carbonyl (C=O) groups is 1. The van der Waals surface area contributed by atoms with Crippen molar-refractivity contribution in [1.82, 2.24) is 0 Å². The lowest BCUT2D eigenvalue weighted by atomic mass is 10.3. The van der Waals surface area contributed by atoms with E-state index in [2.05, 4.69) is 64.5 Å². The van der Waals surface area contributed by atoms with Crippen LogP contribution in [0.1, 0.15) is 6.92 Å². The van der Waals surface area contributed by atoms with E-state index in [0.29, 0.717) is 5.75 Å². The molecule has 0 fully saturated rings. The predicted octanol–water partition coefficient (Wildman–Crippen LogP) is 5.47. The first-order chi connectivity index (χ1) is 12.1. The molecule has 0 saturated carbocycles. The second kappa shape index (κ2) is 8.37. The Labute approximate surface area is 159 Å². The van der Waals surface area contributed by atoms with Gasteiger partial charge in [-0.15, -0.1) is 0 Å². The molecule has 1 unspecified atom stereocenters. The summed E-state index contributed by atoms with van der Waals surface area (Å²) in [4.78, 5) is 15.1. The van der Waals surface area contributed by atoms with Gasteiger partial charge < -0.3 is 4.74 Å². The van der Waals surface area contributed by atoms with E-state index >= 15 is 0 Å². The van der Waals surface area contributed by atoms with Crippen LogP contribution in [-0.2, 0) is 15.7 Å². The number of benzene rings is 3. The van der Waals surface area contributed by atoms with E-state index in [1.54, 1.807) is 6.92 Å². The topological polar surface area (TPSA) is 26.3 Å². The fourth-order valence-electron chi connectivity index (χ4n) is 2.36. The maximum atomic E-state index is 11.7. The molecule has 0 aliphatic carbocycles. The molecule has 0 radical (unpaired) electrons. The summed E-state index contributed by atoms with van der Waals surface area (Å²) in [5.74, 6) is 0.266. The van der Waals surface area contributed by atoms with E-state index in [1.165, 1.54) is 14.7 Å². The second-order valence-corrected chi connectivity index (χ2v) is 8.84. The molecule has 3 aromatic carbocycles. The molecule has 0 heterocycles. The molecule has 0 spiro atoms. The summed E-state index contributed by atoms with van der Waals surface area (Å²) in [7, 11) is -0.194. The zero-order valence-corrected chi connectivity index (χ0v) is 16.2. The first kappa shape index (κ1) is 17.8. The first-order valence-electron chi connectivity index (χ1n) is 7.95. The lowest BCUT2D eigenvalue weighted by Crippen LogP contribution is -2.17. The molecule has 0 saturated heterocycles. The Morgan fingerprint density at radius 2 is 1.24 bits per heavy atom. The normalized spacial score (nSPS) is 12.0. The molecule has 2 nitrogen and oxygen atoms in total. The highest BCUT2D eigenvalue weighted by atomic mass is 79.9. The lowest BCUT2D eigenvalue weighted by molar-refractivity contribution is -0.133. The number of halogens is 1. The zero-order chi connectivity index (χ0) is 17.6. The monoisotopic (exact) mass is 413 g/mol. The van der Waals surface area contributed by atoms with Crippen molar-refractivity contribution in [3.05, 3.63) is 84.9 Å². The van der Waals surface area contributed by atoms with E-state index in [1.807, 2.05) is 36.4 Å². The summed E-state index contributed by atoms with van der Waals surface area (Å²) in [6.45, 7) is 1.75. The van der Waals surface area contributed by atoms with Crippen molar-refractivity contribution in [3.8, 4) is 5.75 Å². The quantitative estimate of drug-likeness (QED) is 0.240. The van der Waals surface area contributed by atoms with Gasteiger partial charge in [0.05, 0.1) is 10.9 Å². The van der Waals surface area contributed by atoms with E-state index in [-0.39, 0.29) is 21.7 Å². The van der Waals surface area contributed by atoms with Crippen molar-refractivity contribution in [2.24, 2.45) is 0 Å². The first-order valence-corrected chi connectivity index (χ1v) is 10.1. The summed E-state index contributed by atoms with van der Waals surface area (Å²) >= 11 is 3.22. The van der Waals surface area contributed by atoms with Gasteiger partial charge in [-0.3, -0.25) is 4.79 Å². The van der Waals surface area contributed by atoms with Gasteiger partial charge in [0.1, 0.15) is 10.6 Å². The highest BCUT2D eigenvalue weighted by Gasteiger charge is 2.28. The molecular weight excluding hydrogens is 396 g/mol. The van der Waals surface area contributed by atoms with Gasteiger partial charge in [0, 0.05) is 0 Å². The van der Waals surface area contributed by atoms with Gasteiger partial charge in [-0.1, -0.05) is 52.3 Å². The molecule has 126 valence electrons. The van der Waals surface area contributed by atoms with Gasteiger partial charge in [-0.25, -0.2) is 0 Å². The van der Waals surface area contributed by atoms with Gasteiger partial charge in [0.15, 0.2) is 14.7 Å². The molecule has 0 bridgehead atoms. The van der Waals surface area contributed by atoms with Gasteiger partial charge >= 0.3 is 5.97 Å². The van der Waals surface area contributed by atoms with Crippen LogP contribution in [0.15, 0.2) is 99.6 Å². The van der Waals surface area contributed by atoms with Crippen LogP contribution in [0.3, 0.4) is 0 Å². The fraction of sp³-hybridized carbons (Fsp3) is 0.0952. The molecular formula is C21H18BrO2S+. The molecule has 3 rings (SSSR count). The van der Waals surface area contributed by atoms with Crippen LogP contribution < -0.4 is 4.74 Å². The van der Waals surface area contributed by atoms with Crippen LogP contribution in [0, 0.1) is 0 Å². The number of ether oxygens (including phenoxy) is 1. The number of hydrogen-bond acceptors (Lipinski definition) is 2. The molecule has 0 aliphatic heterocycles. The van der Waals surface area contributed by atoms with Crippen molar-refractivity contribution < 1.29 is 9.53 Å². The minimum Gasteiger partial charge on any atom is -0.426 e. The average Bonchev–Trinajstić information content (AvgIpc) is 2.65. The van der Waals surface area contributed by atoms with Gasteiger partial charge in [-0.2, -0.15) is 0 Å². The number of hydrogen-bond donors (Lipinski definition) is 0. The van der Waals surface area contributed by atoms with Crippen LogP contribution in [0.4, 0.5) is 0 Å². The average molecular weight is 414 g/mol. The predicted molar refractivity (Wildman–Crippen MR) is 106 cm³/mol. The standard InChI is InChI=1S/C21H18BrO2S/c1-16(22)21(23)24-17-12-14-20(15-13-17)25(18-8-4-2-5-9-18)19-10-6-3-7-11-19/h2-16H,1H3/q+1. The van der Waals surface area contributed by atoms with Crippen LogP contribution in [0.5, 0.6) is 5.75 Å². The molecule has 4 heteroatoms. The number of esters is 1. The van der Waals surface area contributed by atoms with Crippen LogP contribution in [-0.4, -0.2) is 10.8 Å². The highest BCUT2D eigenvalue weighted by molar-refractivity contribution is 9.10. The summed E-state index contributed by atoms with van der Waals surface area (Å²) in [5.41, 5.74) is 0. The summed E-state index contributed by atoms with van der Waals surface area (Å²) in [6.07, 6.45) is 0. The SMILES string of the molecule is CC(Br)C(=O)Oc1ccc([S+](c2ccccc2)c2ccccc2)cc1. The van der Waals surface area contributed by atoms with Crippen molar-refractivity contribution in [2.45, 2.75) is 26.4 Å². The number of carbonyl (C=O) groups excluding carboxylic acids is 1. The van der Waals surface area contributed by atoms with Crippen LogP contribution >= 0.6 is 15.9 Å². The Morgan fingerprint density at radius 3 is 1.68 bits per heavy atom. The Bertz CT molecular complexity index is 778. The number of rotatable bonds is 5. The highest BCUT2D eigenvalue weighted by Crippen LogP contribution is 2.31. The molecule has 0 N–H and O–H groups in total. The molecule has 0 amide bonds.